The van der Waals surface area contributed by atoms with Crippen LogP contribution in [-0.2, 0) is 19.3 Å². The predicted molar refractivity (Wildman–Crippen MR) is 109 cm³/mol. The van der Waals surface area contributed by atoms with Crippen LogP contribution in [-0.4, -0.2) is 36.2 Å². The monoisotopic (exact) mass is 374 g/mol. The number of aryl methyl sites for hydroxylation is 3. The van der Waals surface area contributed by atoms with Gasteiger partial charge in [0.1, 0.15) is 0 Å². The molecule has 0 saturated carbocycles. The van der Waals surface area contributed by atoms with Crippen LogP contribution in [0.15, 0.2) is 0 Å². The molecule has 3 aliphatic rings. The maximum atomic E-state index is 5.03. The number of fused-ring (bicyclic) bond motifs is 3. The molecule has 6 nitrogen and oxygen atoms in total. The van der Waals surface area contributed by atoms with E-state index in [1.807, 2.05) is 0 Å². The lowest BCUT2D eigenvalue weighted by Gasteiger charge is -2.42. The Bertz CT molecular complexity index is 1010. The highest BCUT2D eigenvalue weighted by molar-refractivity contribution is 6.53. The average Bonchev–Trinajstić information content (AvgIpc) is 3.12. The van der Waals surface area contributed by atoms with Crippen molar-refractivity contribution in [1.82, 2.24) is 29.1 Å². The van der Waals surface area contributed by atoms with Crippen molar-refractivity contribution in [1.29, 1.82) is 0 Å². The van der Waals surface area contributed by atoms with E-state index in [4.69, 9.17) is 15.3 Å². The molecule has 0 aliphatic heterocycles. The zero-order valence-corrected chi connectivity index (χ0v) is 17.6. The van der Waals surface area contributed by atoms with E-state index in [1.54, 1.807) is 0 Å². The lowest BCUT2D eigenvalue weighted by Crippen LogP contribution is -2.49. The fraction of sp³-hybridized carbons (Fsp3) is 0.571. The van der Waals surface area contributed by atoms with Crippen molar-refractivity contribution >= 4 is 7.12 Å². The molecule has 0 fully saturated rings. The van der Waals surface area contributed by atoms with Crippen LogP contribution in [0.3, 0.4) is 0 Å². The molecule has 0 saturated heterocycles. The van der Waals surface area contributed by atoms with Crippen molar-refractivity contribution in [2.24, 2.45) is 0 Å². The lowest BCUT2D eigenvalue weighted by atomic mass is 9.77. The molecule has 0 amide bonds. The first kappa shape index (κ1) is 16.6. The molecule has 3 aliphatic carbocycles. The van der Waals surface area contributed by atoms with E-state index in [1.165, 1.54) is 33.8 Å². The van der Waals surface area contributed by atoms with Crippen molar-refractivity contribution in [3.05, 3.63) is 50.9 Å². The number of aromatic nitrogens is 6. The summed E-state index contributed by atoms with van der Waals surface area (Å²) in [7, 11) is -0.138. The maximum absolute atomic E-state index is 5.03. The van der Waals surface area contributed by atoms with Crippen LogP contribution in [0.4, 0.5) is 0 Å². The first-order valence-corrected chi connectivity index (χ1v) is 10.6. The van der Waals surface area contributed by atoms with Gasteiger partial charge < -0.3 is 13.8 Å². The van der Waals surface area contributed by atoms with Gasteiger partial charge in [-0.05, 0) is 74.5 Å². The normalized spacial score (nSPS) is 24.3. The molecule has 28 heavy (non-hydrogen) atoms. The summed E-state index contributed by atoms with van der Waals surface area (Å²) in [5.74, 6) is 1.62. The molecule has 3 unspecified atom stereocenters. The van der Waals surface area contributed by atoms with Crippen molar-refractivity contribution in [3.8, 4) is 0 Å². The first-order chi connectivity index (χ1) is 13.4. The van der Waals surface area contributed by atoms with Crippen molar-refractivity contribution in [2.45, 2.75) is 78.6 Å². The van der Waals surface area contributed by atoms with Crippen molar-refractivity contribution < 1.29 is 0 Å². The van der Waals surface area contributed by atoms with Gasteiger partial charge in [0.05, 0.1) is 17.1 Å². The largest absolute Gasteiger partial charge is 0.422 e. The average molecular weight is 374 g/mol. The van der Waals surface area contributed by atoms with Gasteiger partial charge in [0.15, 0.2) is 0 Å². The summed E-state index contributed by atoms with van der Waals surface area (Å²) in [5.41, 5.74) is 11.8. The standard InChI is InChI=1S/C21H27BN6/c1-10-7-16-13(4)23-26(19(10)16)22(27-20-11(2)8-17(20)14(5)24-27)28-21-12(3)9-18(21)15(6)25-28/h10-12H,7-9H2,1-6H3/q-1. The van der Waals surface area contributed by atoms with Gasteiger partial charge >= 0.3 is 0 Å². The highest BCUT2D eigenvalue weighted by Gasteiger charge is 2.37. The van der Waals surface area contributed by atoms with E-state index in [2.05, 4.69) is 55.3 Å². The number of hydrogen-bond acceptors (Lipinski definition) is 3. The predicted octanol–water partition coefficient (Wildman–Crippen LogP) is 3.11. The molecule has 3 atom stereocenters. The van der Waals surface area contributed by atoms with Crippen LogP contribution < -0.4 is 0 Å². The van der Waals surface area contributed by atoms with Gasteiger partial charge in [0.25, 0.3) is 7.12 Å². The van der Waals surface area contributed by atoms with Crippen LogP contribution >= 0.6 is 0 Å². The van der Waals surface area contributed by atoms with E-state index in [0.717, 1.165) is 36.3 Å². The summed E-state index contributed by atoms with van der Waals surface area (Å²) in [6, 6.07) is 0. The van der Waals surface area contributed by atoms with Crippen molar-refractivity contribution in [3.63, 3.8) is 0 Å². The van der Waals surface area contributed by atoms with Gasteiger partial charge in [0, 0.05) is 17.1 Å². The smallest absolute Gasteiger partial charge is 0.261 e. The van der Waals surface area contributed by atoms with Crippen LogP contribution in [0.2, 0.25) is 0 Å². The number of nitrogens with zero attached hydrogens (tertiary/aromatic N) is 6. The Kier molecular flexibility index (Phi) is 3.08. The molecule has 1 radical (unpaired) electrons. The summed E-state index contributed by atoms with van der Waals surface area (Å²) in [5, 5.41) is 15.1. The third kappa shape index (κ3) is 1.83. The van der Waals surface area contributed by atoms with Crippen LogP contribution in [0.25, 0.3) is 0 Å². The second-order valence-corrected chi connectivity index (χ2v) is 9.34. The SMILES string of the molecule is Cc1nn([B-](n2nc(C)c3c2C(C)C3)n2nc(C)c3c2C(C)C3)c2c1CC2C. The molecule has 3 aromatic heterocycles. The van der Waals surface area contributed by atoms with Gasteiger partial charge in [-0.15, -0.1) is 0 Å². The first-order valence-electron chi connectivity index (χ1n) is 10.6. The summed E-state index contributed by atoms with van der Waals surface area (Å²) in [4.78, 5) is 0. The summed E-state index contributed by atoms with van der Waals surface area (Å²) in [6.07, 6.45) is 3.40. The summed E-state index contributed by atoms with van der Waals surface area (Å²) < 4.78 is 6.69. The molecular weight excluding hydrogens is 347 g/mol. The Balaban J connectivity index is 1.63. The highest BCUT2D eigenvalue weighted by Crippen LogP contribution is 2.42. The molecule has 0 spiro atoms. The van der Waals surface area contributed by atoms with E-state index in [9.17, 15) is 0 Å². The summed E-state index contributed by atoms with van der Waals surface area (Å²) >= 11 is 0. The molecule has 7 heteroatoms. The summed E-state index contributed by atoms with van der Waals surface area (Å²) in [6.45, 7) is 13.3. The minimum Gasteiger partial charge on any atom is -0.422 e. The van der Waals surface area contributed by atoms with E-state index < -0.39 is 0 Å². The van der Waals surface area contributed by atoms with E-state index >= 15 is 0 Å². The maximum Gasteiger partial charge on any atom is 0.261 e. The Morgan fingerprint density at radius 3 is 1.14 bits per heavy atom. The molecule has 0 aromatic carbocycles. The topological polar surface area (TPSA) is 53.5 Å². The molecule has 0 N–H and O–H groups in total. The van der Waals surface area contributed by atoms with Gasteiger partial charge in [-0.3, -0.25) is 0 Å². The molecule has 145 valence electrons. The Morgan fingerprint density at radius 1 is 0.607 bits per heavy atom. The van der Waals surface area contributed by atoms with Gasteiger partial charge in [0.2, 0.25) is 0 Å². The Hall–Kier alpha value is -2.31. The second kappa shape index (κ2) is 5.19. The molecule has 6 rings (SSSR count). The third-order valence-corrected chi connectivity index (χ3v) is 7.34. The van der Waals surface area contributed by atoms with E-state index in [-0.39, 0.29) is 7.12 Å². The zero-order valence-electron chi connectivity index (χ0n) is 17.6. The van der Waals surface area contributed by atoms with Gasteiger partial charge in [-0.1, -0.05) is 20.8 Å². The van der Waals surface area contributed by atoms with Crippen LogP contribution in [0, 0.1) is 20.8 Å². The second-order valence-electron chi connectivity index (χ2n) is 9.34. The quantitative estimate of drug-likeness (QED) is 0.662. The minimum absolute atomic E-state index is 0.138. The fourth-order valence-corrected chi connectivity index (χ4v) is 5.78. The lowest BCUT2D eigenvalue weighted by molar-refractivity contribution is 0.575. The van der Waals surface area contributed by atoms with Gasteiger partial charge in [-0.25, -0.2) is 15.3 Å². The zero-order chi connectivity index (χ0) is 19.5. The number of rotatable bonds is 3. The van der Waals surface area contributed by atoms with E-state index in [0.29, 0.717) is 17.8 Å². The number of hydrogen-bond donors (Lipinski definition) is 0. The van der Waals surface area contributed by atoms with Gasteiger partial charge in [-0.2, -0.15) is 0 Å². The highest BCUT2D eigenvalue weighted by atomic mass is 15.5. The molecule has 3 heterocycles. The fourth-order valence-electron chi connectivity index (χ4n) is 5.78. The third-order valence-electron chi connectivity index (χ3n) is 7.34. The van der Waals surface area contributed by atoms with Crippen molar-refractivity contribution in [2.75, 3.05) is 0 Å². The molecular formula is C21H27BN6-. The molecule has 3 aromatic rings. The van der Waals surface area contributed by atoms with Crippen LogP contribution in [0.5, 0.6) is 0 Å². The molecule has 0 bridgehead atoms. The van der Waals surface area contributed by atoms with Crippen LogP contribution in [0.1, 0.15) is 89.4 Å². The Labute approximate surface area is 166 Å². The Morgan fingerprint density at radius 2 is 0.893 bits per heavy atom. The minimum atomic E-state index is -0.138.